The number of methoxy groups -OCH3 is 4. The van der Waals surface area contributed by atoms with Gasteiger partial charge >= 0.3 is 0 Å². The highest BCUT2D eigenvalue weighted by molar-refractivity contribution is 9.08. The second kappa shape index (κ2) is 9.88. The van der Waals surface area contributed by atoms with Gasteiger partial charge in [0.15, 0.2) is 0 Å². The Balaban J connectivity index is 2.49. The Morgan fingerprint density at radius 2 is 0.962 bits per heavy atom. The van der Waals surface area contributed by atoms with E-state index in [-0.39, 0.29) is 0 Å². The molecule has 4 nitrogen and oxygen atoms in total. The lowest BCUT2D eigenvalue weighted by molar-refractivity contribution is 0.399. The van der Waals surface area contributed by atoms with Crippen molar-refractivity contribution in [2.45, 2.75) is 10.7 Å². The summed E-state index contributed by atoms with van der Waals surface area (Å²) in [4.78, 5) is 0. The third kappa shape index (κ3) is 4.54. The lowest BCUT2D eigenvalue weighted by atomic mass is 10.1. The molecule has 0 spiro atoms. The summed E-state index contributed by atoms with van der Waals surface area (Å²) in [6.45, 7) is 0. The summed E-state index contributed by atoms with van der Waals surface area (Å²) in [5, 5.41) is 1.38. The molecule has 0 saturated heterocycles. The first-order valence-electron chi connectivity index (χ1n) is 7.91. The largest absolute Gasteiger partial charge is 0.496 e. The Hall–Kier alpha value is -1.66. The first-order valence-corrected chi connectivity index (χ1v) is 10.2. The zero-order chi connectivity index (χ0) is 19.1. The molecule has 0 aromatic heterocycles. The van der Waals surface area contributed by atoms with Gasteiger partial charge in [0, 0.05) is 32.9 Å². The minimum absolute atomic E-state index is 0.690. The average molecular weight is 486 g/mol. The second-order valence-corrected chi connectivity index (χ2v) is 6.53. The predicted octanol–water partition coefficient (Wildman–Crippen LogP) is 5.68. The topological polar surface area (TPSA) is 36.9 Å². The van der Waals surface area contributed by atoms with E-state index < -0.39 is 0 Å². The summed E-state index contributed by atoms with van der Waals surface area (Å²) < 4.78 is 22.0. The molecule has 0 saturated carbocycles. The van der Waals surface area contributed by atoms with Crippen molar-refractivity contribution in [3.05, 3.63) is 46.5 Å². The van der Waals surface area contributed by atoms with Gasteiger partial charge in [0.1, 0.15) is 23.0 Å². The van der Waals surface area contributed by atoms with Crippen LogP contribution >= 0.6 is 31.9 Å². The maximum atomic E-state index is 5.52. The van der Waals surface area contributed by atoms with Crippen LogP contribution in [0.3, 0.4) is 0 Å². The molecule has 140 valence electrons. The van der Waals surface area contributed by atoms with Crippen molar-refractivity contribution in [3.8, 4) is 23.0 Å². The molecule has 2 aromatic carbocycles. The summed E-state index contributed by atoms with van der Waals surface area (Å²) in [5.41, 5.74) is 3.89. The molecule has 0 fully saturated rings. The normalized spacial score (nSPS) is 10.8. The fourth-order valence-corrected chi connectivity index (χ4v) is 3.49. The number of benzene rings is 2. The van der Waals surface area contributed by atoms with Crippen LogP contribution in [0.2, 0.25) is 0 Å². The predicted molar refractivity (Wildman–Crippen MR) is 113 cm³/mol. The summed E-state index contributed by atoms with van der Waals surface area (Å²) in [5.74, 6) is 3.17. The molecule has 2 rings (SSSR count). The summed E-state index contributed by atoms with van der Waals surface area (Å²) in [6, 6.07) is 7.86. The molecule has 0 radical (unpaired) electrons. The van der Waals surface area contributed by atoms with Crippen LogP contribution < -0.4 is 18.9 Å². The van der Waals surface area contributed by atoms with E-state index in [4.69, 9.17) is 18.9 Å². The van der Waals surface area contributed by atoms with Crippen molar-refractivity contribution in [3.63, 3.8) is 0 Å². The molecule has 2 aromatic rings. The van der Waals surface area contributed by atoms with E-state index in [0.29, 0.717) is 10.7 Å². The van der Waals surface area contributed by atoms with Gasteiger partial charge in [-0.2, -0.15) is 0 Å². The van der Waals surface area contributed by atoms with Crippen LogP contribution in [0.5, 0.6) is 23.0 Å². The molecule has 0 aliphatic heterocycles. The molecule has 26 heavy (non-hydrogen) atoms. The smallest absolute Gasteiger partial charge is 0.126 e. The van der Waals surface area contributed by atoms with Gasteiger partial charge in [0.2, 0.25) is 0 Å². The van der Waals surface area contributed by atoms with Gasteiger partial charge in [-0.3, -0.25) is 0 Å². The highest BCUT2D eigenvalue weighted by atomic mass is 79.9. The van der Waals surface area contributed by atoms with Crippen molar-refractivity contribution in [2.24, 2.45) is 0 Å². The first kappa shape index (κ1) is 20.6. The Kier molecular flexibility index (Phi) is 7.85. The van der Waals surface area contributed by atoms with Crippen LogP contribution in [0.1, 0.15) is 22.3 Å². The van der Waals surface area contributed by atoms with Crippen molar-refractivity contribution in [2.75, 3.05) is 28.4 Å². The molecule has 0 atom stereocenters. The summed E-state index contributed by atoms with van der Waals surface area (Å²) in [6.07, 6.45) is 3.95. The van der Waals surface area contributed by atoms with E-state index in [1.165, 1.54) is 0 Å². The van der Waals surface area contributed by atoms with Crippen LogP contribution in [-0.2, 0) is 10.7 Å². The number of rotatable bonds is 8. The quantitative estimate of drug-likeness (QED) is 0.356. The molecular formula is C20H22Br2O4. The molecule has 0 N–H and O–H groups in total. The lowest BCUT2D eigenvalue weighted by Gasteiger charge is -2.13. The Morgan fingerprint density at radius 1 is 0.615 bits per heavy atom. The molecular weight excluding hydrogens is 464 g/mol. The Morgan fingerprint density at radius 3 is 1.23 bits per heavy atom. The van der Waals surface area contributed by atoms with Crippen LogP contribution in [0.25, 0.3) is 12.2 Å². The second-order valence-electron chi connectivity index (χ2n) is 5.41. The molecule has 0 aliphatic carbocycles. The van der Waals surface area contributed by atoms with E-state index in [1.807, 2.05) is 36.4 Å². The number of halogens is 2. The maximum Gasteiger partial charge on any atom is 0.126 e. The zero-order valence-electron chi connectivity index (χ0n) is 15.3. The molecule has 0 bridgehead atoms. The first-order chi connectivity index (χ1) is 12.6. The van der Waals surface area contributed by atoms with Gasteiger partial charge in [-0.25, -0.2) is 0 Å². The van der Waals surface area contributed by atoms with Gasteiger partial charge in [0.05, 0.1) is 28.4 Å². The molecule has 0 aliphatic rings. The zero-order valence-corrected chi connectivity index (χ0v) is 18.4. The van der Waals surface area contributed by atoms with Crippen molar-refractivity contribution < 1.29 is 18.9 Å². The van der Waals surface area contributed by atoms with E-state index in [2.05, 4.69) is 31.9 Å². The van der Waals surface area contributed by atoms with Crippen molar-refractivity contribution >= 4 is 44.0 Å². The summed E-state index contributed by atoms with van der Waals surface area (Å²) in [7, 11) is 6.64. The minimum Gasteiger partial charge on any atom is -0.496 e. The number of alkyl halides is 2. The highest BCUT2D eigenvalue weighted by Crippen LogP contribution is 2.34. The average Bonchev–Trinajstić information content (AvgIpc) is 2.70. The summed E-state index contributed by atoms with van der Waals surface area (Å²) >= 11 is 6.95. The van der Waals surface area contributed by atoms with Gasteiger partial charge in [-0.15, -0.1) is 0 Å². The number of hydrogen-bond acceptors (Lipinski definition) is 4. The van der Waals surface area contributed by atoms with E-state index in [0.717, 1.165) is 45.3 Å². The Bertz CT molecular complexity index is 722. The lowest BCUT2D eigenvalue weighted by Crippen LogP contribution is -1.95. The van der Waals surface area contributed by atoms with Crippen LogP contribution in [0, 0.1) is 0 Å². The molecule has 0 amide bonds. The Labute approximate surface area is 171 Å². The van der Waals surface area contributed by atoms with Gasteiger partial charge < -0.3 is 18.9 Å². The monoisotopic (exact) mass is 484 g/mol. The fraction of sp³-hybridized carbons (Fsp3) is 0.300. The van der Waals surface area contributed by atoms with Crippen molar-refractivity contribution in [1.82, 2.24) is 0 Å². The van der Waals surface area contributed by atoms with E-state index in [1.54, 1.807) is 28.4 Å². The van der Waals surface area contributed by atoms with E-state index in [9.17, 15) is 0 Å². The maximum absolute atomic E-state index is 5.52. The third-order valence-electron chi connectivity index (χ3n) is 4.00. The van der Waals surface area contributed by atoms with Crippen LogP contribution in [-0.4, -0.2) is 28.4 Å². The van der Waals surface area contributed by atoms with Crippen LogP contribution in [0.4, 0.5) is 0 Å². The molecule has 0 heterocycles. The fourth-order valence-electron chi connectivity index (χ4n) is 2.62. The minimum atomic E-state index is 0.690. The highest BCUT2D eigenvalue weighted by Gasteiger charge is 2.11. The number of hydrogen-bond donors (Lipinski definition) is 0. The van der Waals surface area contributed by atoms with E-state index >= 15 is 0 Å². The molecule has 0 unspecified atom stereocenters. The number of ether oxygens (including phenoxy) is 4. The third-order valence-corrected chi connectivity index (χ3v) is 5.20. The van der Waals surface area contributed by atoms with Gasteiger partial charge in [0.25, 0.3) is 0 Å². The van der Waals surface area contributed by atoms with Gasteiger partial charge in [-0.05, 0) is 24.3 Å². The SMILES string of the molecule is COc1cc(CBr)c(OC)cc1C=Cc1cc(OC)c(CBr)cc1OC. The standard InChI is InChI=1S/C20H22Br2O4/c1-23-17-9-15(11-21)19(25-3)7-13(17)5-6-14-8-20(26-4)16(12-22)10-18(14)24-2/h5-10H,11-12H2,1-4H3. The van der Waals surface area contributed by atoms with Crippen molar-refractivity contribution in [1.29, 1.82) is 0 Å². The van der Waals surface area contributed by atoms with Gasteiger partial charge in [-0.1, -0.05) is 44.0 Å². The van der Waals surface area contributed by atoms with Crippen LogP contribution in [0.15, 0.2) is 24.3 Å². The molecule has 6 heteroatoms.